The molecule has 0 aliphatic heterocycles. The highest BCUT2D eigenvalue weighted by molar-refractivity contribution is 5.81. The molecule has 0 saturated carbocycles. The number of methoxy groups -OCH3 is 1. The molecule has 25 heavy (non-hydrogen) atoms. The second kappa shape index (κ2) is 9.84. The zero-order chi connectivity index (χ0) is 18.1. The van der Waals surface area contributed by atoms with Gasteiger partial charge in [-0.05, 0) is 43.2 Å². The average Bonchev–Trinajstić information content (AvgIpc) is 2.63. The molecular weight excluding hydrogens is 314 g/mol. The van der Waals surface area contributed by atoms with Crippen molar-refractivity contribution in [3.05, 3.63) is 60.2 Å². The van der Waals surface area contributed by atoms with E-state index in [0.29, 0.717) is 6.61 Å². The summed E-state index contributed by atoms with van der Waals surface area (Å²) in [6.45, 7) is 4.13. The van der Waals surface area contributed by atoms with Crippen LogP contribution in [0.25, 0.3) is 0 Å². The molecule has 0 unspecified atom stereocenters. The minimum absolute atomic E-state index is 0.0374. The van der Waals surface area contributed by atoms with Gasteiger partial charge in [0.05, 0.1) is 19.8 Å². The third kappa shape index (κ3) is 5.91. The van der Waals surface area contributed by atoms with E-state index in [1.54, 1.807) is 14.0 Å². The monoisotopic (exact) mass is 341 g/mol. The Bertz CT molecular complexity index is 640. The Hall–Kier alpha value is -2.33. The van der Waals surface area contributed by atoms with Crippen molar-refractivity contribution in [1.82, 2.24) is 0 Å². The summed E-state index contributed by atoms with van der Waals surface area (Å²) in [7, 11) is 1.64. The van der Waals surface area contributed by atoms with Gasteiger partial charge in [-0.2, -0.15) is 0 Å². The van der Waals surface area contributed by atoms with Gasteiger partial charge < -0.3 is 14.8 Å². The number of carbonyl (C=O) groups is 1. The van der Waals surface area contributed by atoms with Crippen LogP contribution in [0.5, 0.6) is 5.75 Å². The van der Waals surface area contributed by atoms with Gasteiger partial charge in [0.15, 0.2) is 5.78 Å². The van der Waals surface area contributed by atoms with Crippen LogP contribution in [-0.2, 0) is 16.1 Å². The van der Waals surface area contributed by atoms with Gasteiger partial charge >= 0.3 is 0 Å². The number of hydrogen-bond donors (Lipinski definition) is 1. The summed E-state index contributed by atoms with van der Waals surface area (Å²) < 4.78 is 11.2. The Labute approximate surface area is 150 Å². The molecule has 4 heteroatoms. The van der Waals surface area contributed by atoms with Crippen LogP contribution < -0.4 is 10.1 Å². The van der Waals surface area contributed by atoms with Crippen LogP contribution in [0.4, 0.5) is 5.69 Å². The predicted molar refractivity (Wildman–Crippen MR) is 101 cm³/mol. The van der Waals surface area contributed by atoms with Crippen LogP contribution in [0.3, 0.4) is 0 Å². The lowest BCUT2D eigenvalue weighted by Gasteiger charge is -2.27. The summed E-state index contributed by atoms with van der Waals surface area (Å²) in [5, 5.41) is 3.45. The Morgan fingerprint density at radius 1 is 1.08 bits per heavy atom. The van der Waals surface area contributed by atoms with Crippen molar-refractivity contribution in [2.24, 2.45) is 0 Å². The Balaban J connectivity index is 2.07. The second-order valence-electron chi connectivity index (χ2n) is 6.10. The van der Waals surface area contributed by atoms with E-state index < -0.39 is 6.10 Å². The molecule has 134 valence electrons. The summed E-state index contributed by atoms with van der Waals surface area (Å²) in [4.78, 5) is 12.2. The lowest BCUT2D eigenvalue weighted by molar-refractivity contribution is -0.130. The first kappa shape index (κ1) is 19.0. The molecule has 0 bridgehead atoms. The van der Waals surface area contributed by atoms with Gasteiger partial charge in [0, 0.05) is 5.69 Å². The molecule has 2 atom stereocenters. The van der Waals surface area contributed by atoms with Crippen LogP contribution in [-0.4, -0.2) is 25.0 Å². The standard InChI is InChI=1S/C21H27NO3/c1-4-8-20(22-18-11-13-19(24-3)14-12-18)21(16(2)23)25-15-17-9-6-5-7-10-17/h5-7,9-14,20-22H,4,8,15H2,1-3H3/t20-,21+/m1/s1. The number of Topliss-reactive ketones (excluding diaryl/α,β-unsaturated/α-hetero) is 1. The molecule has 0 aromatic heterocycles. The molecular formula is C21H27NO3. The fraction of sp³-hybridized carbons (Fsp3) is 0.381. The van der Waals surface area contributed by atoms with Crippen molar-refractivity contribution in [1.29, 1.82) is 0 Å². The van der Waals surface area contributed by atoms with Crippen LogP contribution >= 0.6 is 0 Å². The number of rotatable bonds is 10. The first-order valence-corrected chi connectivity index (χ1v) is 8.70. The van der Waals surface area contributed by atoms with Gasteiger partial charge in [-0.15, -0.1) is 0 Å². The number of benzene rings is 2. The van der Waals surface area contributed by atoms with E-state index in [2.05, 4.69) is 12.2 Å². The van der Waals surface area contributed by atoms with E-state index in [0.717, 1.165) is 29.8 Å². The molecule has 2 aromatic carbocycles. The Morgan fingerprint density at radius 3 is 2.32 bits per heavy atom. The van der Waals surface area contributed by atoms with Crippen LogP contribution in [0, 0.1) is 0 Å². The maximum atomic E-state index is 12.2. The summed E-state index contributed by atoms with van der Waals surface area (Å²) in [6, 6.07) is 17.6. The summed E-state index contributed by atoms with van der Waals surface area (Å²) in [6.07, 6.45) is 1.33. The first-order chi connectivity index (χ1) is 12.1. The highest BCUT2D eigenvalue weighted by atomic mass is 16.5. The minimum Gasteiger partial charge on any atom is -0.497 e. The van der Waals surface area contributed by atoms with Crippen molar-refractivity contribution in [3.8, 4) is 5.75 Å². The highest BCUT2D eigenvalue weighted by Gasteiger charge is 2.26. The third-order valence-corrected chi connectivity index (χ3v) is 4.08. The maximum Gasteiger partial charge on any atom is 0.160 e. The topological polar surface area (TPSA) is 47.6 Å². The largest absolute Gasteiger partial charge is 0.497 e. The lowest BCUT2D eigenvalue weighted by atomic mass is 10.0. The number of ketones is 1. The normalized spacial score (nSPS) is 13.1. The molecule has 0 heterocycles. The fourth-order valence-electron chi connectivity index (χ4n) is 2.79. The zero-order valence-electron chi connectivity index (χ0n) is 15.2. The van der Waals surface area contributed by atoms with E-state index in [9.17, 15) is 4.79 Å². The lowest BCUT2D eigenvalue weighted by Crippen LogP contribution is -2.40. The van der Waals surface area contributed by atoms with E-state index in [1.165, 1.54) is 0 Å². The Morgan fingerprint density at radius 2 is 1.76 bits per heavy atom. The van der Waals surface area contributed by atoms with Crippen molar-refractivity contribution in [3.63, 3.8) is 0 Å². The highest BCUT2D eigenvalue weighted by Crippen LogP contribution is 2.20. The number of ether oxygens (including phenoxy) is 2. The Kier molecular flexibility index (Phi) is 7.48. The molecule has 0 amide bonds. The molecule has 1 N–H and O–H groups in total. The summed E-state index contributed by atoms with van der Waals surface area (Å²) in [5.41, 5.74) is 2.02. The van der Waals surface area contributed by atoms with E-state index in [-0.39, 0.29) is 11.8 Å². The van der Waals surface area contributed by atoms with Crippen LogP contribution in [0.15, 0.2) is 54.6 Å². The van der Waals surface area contributed by atoms with E-state index in [4.69, 9.17) is 9.47 Å². The van der Waals surface area contributed by atoms with E-state index >= 15 is 0 Å². The van der Waals surface area contributed by atoms with Gasteiger partial charge in [-0.25, -0.2) is 0 Å². The summed E-state index contributed by atoms with van der Waals surface area (Å²) in [5.74, 6) is 0.844. The van der Waals surface area contributed by atoms with Gasteiger partial charge in [-0.1, -0.05) is 43.7 Å². The molecule has 0 fully saturated rings. The fourth-order valence-corrected chi connectivity index (χ4v) is 2.79. The number of nitrogens with one attached hydrogen (secondary N) is 1. The first-order valence-electron chi connectivity index (χ1n) is 8.70. The molecule has 0 spiro atoms. The molecule has 0 saturated heterocycles. The van der Waals surface area contributed by atoms with Crippen LogP contribution in [0.1, 0.15) is 32.3 Å². The molecule has 2 rings (SSSR count). The smallest absolute Gasteiger partial charge is 0.160 e. The third-order valence-electron chi connectivity index (χ3n) is 4.08. The molecule has 0 aliphatic rings. The molecule has 4 nitrogen and oxygen atoms in total. The van der Waals surface area contributed by atoms with Crippen LogP contribution in [0.2, 0.25) is 0 Å². The average molecular weight is 341 g/mol. The van der Waals surface area contributed by atoms with Gasteiger partial charge in [0.1, 0.15) is 11.9 Å². The quantitative estimate of drug-likeness (QED) is 0.693. The van der Waals surface area contributed by atoms with Gasteiger partial charge in [0.2, 0.25) is 0 Å². The second-order valence-corrected chi connectivity index (χ2v) is 6.10. The van der Waals surface area contributed by atoms with Gasteiger partial charge in [0.25, 0.3) is 0 Å². The van der Waals surface area contributed by atoms with Crippen molar-refractivity contribution >= 4 is 11.5 Å². The zero-order valence-corrected chi connectivity index (χ0v) is 15.2. The minimum atomic E-state index is -0.484. The maximum absolute atomic E-state index is 12.2. The molecule has 2 aromatic rings. The molecule has 0 radical (unpaired) electrons. The number of carbonyl (C=O) groups excluding carboxylic acids is 1. The number of anilines is 1. The van der Waals surface area contributed by atoms with E-state index in [1.807, 2.05) is 54.6 Å². The van der Waals surface area contributed by atoms with Crippen molar-refractivity contribution in [2.45, 2.75) is 45.4 Å². The SMILES string of the molecule is CCC[C@@H](Nc1ccc(OC)cc1)[C@@H](OCc1ccccc1)C(C)=O. The molecule has 0 aliphatic carbocycles. The summed E-state index contributed by atoms with van der Waals surface area (Å²) >= 11 is 0. The predicted octanol–water partition coefficient (Wildman–Crippen LogP) is 4.45. The van der Waals surface area contributed by atoms with Gasteiger partial charge in [-0.3, -0.25) is 4.79 Å². The van der Waals surface area contributed by atoms with Crippen molar-refractivity contribution < 1.29 is 14.3 Å². The van der Waals surface area contributed by atoms with Crippen molar-refractivity contribution in [2.75, 3.05) is 12.4 Å². The number of hydrogen-bond acceptors (Lipinski definition) is 4.